The van der Waals surface area contributed by atoms with E-state index in [1.165, 1.54) is 0 Å². The molecule has 0 unspecified atom stereocenters. The van der Waals surface area contributed by atoms with E-state index in [0.29, 0.717) is 34.0 Å². The molecule has 0 aromatic heterocycles. The van der Waals surface area contributed by atoms with E-state index in [1.807, 2.05) is 0 Å². The van der Waals surface area contributed by atoms with Gasteiger partial charge in [0.25, 0.3) is 0 Å². The summed E-state index contributed by atoms with van der Waals surface area (Å²) in [7, 11) is 0. The van der Waals surface area contributed by atoms with Crippen LogP contribution in [0.2, 0.25) is 15.1 Å². The van der Waals surface area contributed by atoms with Crippen LogP contribution in [-0.4, -0.2) is 13.2 Å². The Bertz CT molecular complexity index is 282. The van der Waals surface area contributed by atoms with Gasteiger partial charge in [0.15, 0.2) is 5.75 Å². The predicted molar refractivity (Wildman–Crippen MR) is 63.3 cm³/mol. The highest BCUT2D eigenvalue weighted by atomic mass is 35.5. The molecule has 0 spiro atoms. The standard InChI is InChI=1S/C8H8Cl3NO.ClH/c9-5-3-6(10)8(7(11)4-5)13-2-1-12;/h3-4H,1-2,12H2;1H. The molecule has 0 amide bonds. The van der Waals surface area contributed by atoms with Gasteiger partial charge in [0.2, 0.25) is 0 Å². The van der Waals surface area contributed by atoms with Crippen molar-refractivity contribution >= 4 is 47.2 Å². The minimum absolute atomic E-state index is 0. The van der Waals surface area contributed by atoms with E-state index in [-0.39, 0.29) is 12.4 Å². The lowest BCUT2D eigenvalue weighted by Crippen LogP contribution is -2.10. The van der Waals surface area contributed by atoms with Crippen molar-refractivity contribution < 1.29 is 4.74 Å². The third kappa shape index (κ3) is 3.71. The number of rotatable bonds is 3. The molecule has 1 aromatic rings. The molecule has 2 N–H and O–H groups in total. The Hall–Kier alpha value is 0.140. The van der Waals surface area contributed by atoms with Crippen LogP contribution < -0.4 is 10.5 Å². The highest BCUT2D eigenvalue weighted by Gasteiger charge is 2.08. The maximum Gasteiger partial charge on any atom is 0.156 e. The van der Waals surface area contributed by atoms with Gasteiger partial charge in [-0.2, -0.15) is 0 Å². The van der Waals surface area contributed by atoms with Crippen molar-refractivity contribution in [2.24, 2.45) is 5.73 Å². The van der Waals surface area contributed by atoms with E-state index in [1.54, 1.807) is 12.1 Å². The number of hydrogen-bond donors (Lipinski definition) is 1. The minimum Gasteiger partial charge on any atom is -0.489 e. The van der Waals surface area contributed by atoms with Crippen LogP contribution in [0.4, 0.5) is 0 Å². The summed E-state index contributed by atoms with van der Waals surface area (Å²) in [6.07, 6.45) is 0. The molecule has 1 aromatic carbocycles. The summed E-state index contributed by atoms with van der Waals surface area (Å²) in [5.74, 6) is 0.429. The first-order chi connectivity index (χ1) is 6.15. The topological polar surface area (TPSA) is 35.2 Å². The van der Waals surface area contributed by atoms with Gasteiger partial charge in [0, 0.05) is 11.6 Å². The van der Waals surface area contributed by atoms with E-state index in [9.17, 15) is 0 Å². The van der Waals surface area contributed by atoms with Gasteiger partial charge in [-0.15, -0.1) is 12.4 Å². The summed E-state index contributed by atoms with van der Waals surface area (Å²) < 4.78 is 5.22. The van der Waals surface area contributed by atoms with Crippen LogP contribution in [0.25, 0.3) is 0 Å². The first-order valence-electron chi connectivity index (χ1n) is 3.62. The molecule has 0 aliphatic heterocycles. The Balaban J connectivity index is 0.00000169. The van der Waals surface area contributed by atoms with Crippen LogP contribution in [0.3, 0.4) is 0 Å². The minimum atomic E-state index is 0. The van der Waals surface area contributed by atoms with E-state index in [2.05, 4.69) is 0 Å². The van der Waals surface area contributed by atoms with Crippen molar-refractivity contribution in [1.29, 1.82) is 0 Å². The molecule has 6 heteroatoms. The van der Waals surface area contributed by atoms with Gasteiger partial charge in [-0.05, 0) is 12.1 Å². The van der Waals surface area contributed by atoms with Crippen molar-refractivity contribution in [2.45, 2.75) is 0 Å². The number of ether oxygens (including phenoxy) is 1. The molecule has 1 rings (SSSR count). The molecule has 14 heavy (non-hydrogen) atoms. The average molecular weight is 277 g/mol. The lowest BCUT2D eigenvalue weighted by Gasteiger charge is -2.08. The molecule has 2 nitrogen and oxygen atoms in total. The largest absolute Gasteiger partial charge is 0.489 e. The lowest BCUT2D eigenvalue weighted by molar-refractivity contribution is 0.328. The van der Waals surface area contributed by atoms with Crippen LogP contribution in [0, 0.1) is 0 Å². The number of benzene rings is 1. The fourth-order valence-corrected chi connectivity index (χ4v) is 1.75. The van der Waals surface area contributed by atoms with Crippen molar-refractivity contribution in [3.8, 4) is 5.75 Å². The number of halogens is 4. The molecule has 0 saturated carbocycles. The number of hydrogen-bond acceptors (Lipinski definition) is 2. The average Bonchev–Trinajstić information content (AvgIpc) is 2.02. The second kappa shape index (κ2) is 6.59. The first-order valence-corrected chi connectivity index (χ1v) is 4.76. The van der Waals surface area contributed by atoms with Crippen LogP contribution in [0.15, 0.2) is 12.1 Å². The molecule has 0 saturated heterocycles. The molecule has 0 atom stereocenters. The first kappa shape index (κ1) is 14.1. The molecule has 0 aliphatic carbocycles. The van der Waals surface area contributed by atoms with Gasteiger partial charge in [-0.1, -0.05) is 34.8 Å². The fourth-order valence-electron chi connectivity index (χ4n) is 0.828. The monoisotopic (exact) mass is 275 g/mol. The Morgan fingerprint density at radius 2 is 1.64 bits per heavy atom. The molecular weight excluding hydrogens is 268 g/mol. The third-order valence-corrected chi connectivity index (χ3v) is 2.11. The Kier molecular flexibility index (Phi) is 6.66. The molecule has 0 fully saturated rings. The van der Waals surface area contributed by atoms with Gasteiger partial charge in [-0.3, -0.25) is 0 Å². The smallest absolute Gasteiger partial charge is 0.156 e. The second-order valence-corrected chi connectivity index (χ2v) is 3.59. The highest BCUT2D eigenvalue weighted by Crippen LogP contribution is 2.35. The van der Waals surface area contributed by atoms with Crippen molar-refractivity contribution in [3.63, 3.8) is 0 Å². The van der Waals surface area contributed by atoms with Gasteiger partial charge < -0.3 is 10.5 Å². The summed E-state index contributed by atoms with van der Waals surface area (Å²) in [5, 5.41) is 1.27. The van der Waals surface area contributed by atoms with E-state index >= 15 is 0 Å². The molecule has 0 bridgehead atoms. The quantitative estimate of drug-likeness (QED) is 0.918. The molecular formula is C8H9Cl4NO. The Morgan fingerprint density at radius 3 is 2.07 bits per heavy atom. The zero-order chi connectivity index (χ0) is 9.84. The summed E-state index contributed by atoms with van der Waals surface area (Å²) in [4.78, 5) is 0. The highest BCUT2D eigenvalue weighted by molar-refractivity contribution is 6.40. The summed E-state index contributed by atoms with van der Waals surface area (Å²) in [6, 6.07) is 3.14. The molecule has 0 radical (unpaired) electrons. The Morgan fingerprint density at radius 1 is 1.14 bits per heavy atom. The third-order valence-electron chi connectivity index (χ3n) is 1.33. The molecule has 80 valence electrons. The maximum absolute atomic E-state index is 5.84. The van der Waals surface area contributed by atoms with Crippen LogP contribution in [-0.2, 0) is 0 Å². The molecule has 0 heterocycles. The zero-order valence-electron chi connectivity index (χ0n) is 7.10. The van der Waals surface area contributed by atoms with Gasteiger partial charge >= 0.3 is 0 Å². The van der Waals surface area contributed by atoms with Crippen LogP contribution in [0.1, 0.15) is 0 Å². The van der Waals surface area contributed by atoms with Crippen LogP contribution in [0.5, 0.6) is 5.75 Å². The lowest BCUT2D eigenvalue weighted by atomic mass is 10.3. The van der Waals surface area contributed by atoms with Crippen molar-refractivity contribution in [1.82, 2.24) is 0 Å². The van der Waals surface area contributed by atoms with Crippen molar-refractivity contribution in [3.05, 3.63) is 27.2 Å². The SMILES string of the molecule is Cl.NCCOc1c(Cl)cc(Cl)cc1Cl. The van der Waals surface area contributed by atoms with Crippen molar-refractivity contribution in [2.75, 3.05) is 13.2 Å². The second-order valence-electron chi connectivity index (χ2n) is 2.34. The van der Waals surface area contributed by atoms with Crippen LogP contribution >= 0.6 is 47.2 Å². The van der Waals surface area contributed by atoms with Gasteiger partial charge in [0.05, 0.1) is 10.0 Å². The summed E-state index contributed by atoms with van der Waals surface area (Å²) in [5.41, 5.74) is 5.27. The molecule has 0 aliphatic rings. The summed E-state index contributed by atoms with van der Waals surface area (Å²) in [6.45, 7) is 0.788. The Labute approximate surface area is 104 Å². The van der Waals surface area contributed by atoms with Gasteiger partial charge in [-0.25, -0.2) is 0 Å². The normalized spacial score (nSPS) is 9.43. The fraction of sp³-hybridized carbons (Fsp3) is 0.250. The predicted octanol–water partition coefficient (Wildman–Crippen LogP) is 3.41. The maximum atomic E-state index is 5.84. The van der Waals surface area contributed by atoms with Gasteiger partial charge in [0.1, 0.15) is 6.61 Å². The van der Waals surface area contributed by atoms with E-state index in [0.717, 1.165) is 0 Å². The van der Waals surface area contributed by atoms with E-state index < -0.39 is 0 Å². The summed E-state index contributed by atoms with van der Waals surface area (Å²) >= 11 is 17.4. The van der Waals surface area contributed by atoms with E-state index in [4.69, 9.17) is 45.3 Å². The zero-order valence-corrected chi connectivity index (χ0v) is 10.2. The number of nitrogens with two attached hydrogens (primary N) is 1.